The molecular formula is C9H15NOS. The van der Waals surface area contributed by atoms with Crippen LogP contribution in [-0.4, -0.2) is 10.1 Å². The molecule has 1 N–H and O–H groups in total. The zero-order chi connectivity index (χ0) is 9.14. The Bertz CT molecular complexity index is 255. The second kappa shape index (κ2) is 4.01. The molecule has 0 fully saturated rings. The van der Waals surface area contributed by atoms with Crippen LogP contribution in [0.4, 0.5) is 0 Å². The van der Waals surface area contributed by atoms with Crippen LogP contribution in [0.2, 0.25) is 0 Å². The first kappa shape index (κ1) is 9.68. The third-order valence-electron chi connectivity index (χ3n) is 1.75. The van der Waals surface area contributed by atoms with Crippen LogP contribution in [-0.2, 0) is 6.42 Å². The fraction of sp³-hybridized carbons (Fsp3) is 0.667. The van der Waals surface area contributed by atoms with E-state index in [0.29, 0.717) is 0 Å². The summed E-state index contributed by atoms with van der Waals surface area (Å²) in [5.41, 5.74) is 1.15. The third-order valence-corrected chi connectivity index (χ3v) is 2.94. The van der Waals surface area contributed by atoms with Crippen molar-refractivity contribution in [2.24, 2.45) is 0 Å². The fourth-order valence-corrected chi connectivity index (χ4v) is 2.00. The summed E-state index contributed by atoms with van der Waals surface area (Å²) in [5.74, 6) is 0. The lowest BCUT2D eigenvalue weighted by Gasteiger charge is -1.95. The topological polar surface area (TPSA) is 33.1 Å². The van der Waals surface area contributed by atoms with Gasteiger partial charge in [0.15, 0.2) is 0 Å². The average Bonchev–Trinajstić information content (AvgIpc) is 2.34. The highest BCUT2D eigenvalue weighted by atomic mass is 32.1. The maximum absolute atomic E-state index is 9.28. The average molecular weight is 185 g/mol. The van der Waals surface area contributed by atoms with Crippen molar-refractivity contribution in [3.05, 3.63) is 15.6 Å². The van der Waals surface area contributed by atoms with Crippen LogP contribution in [0.15, 0.2) is 0 Å². The Labute approximate surface area is 77.3 Å². The number of aromatic nitrogens is 1. The minimum atomic E-state index is -0.417. The Morgan fingerprint density at radius 2 is 2.25 bits per heavy atom. The summed E-state index contributed by atoms with van der Waals surface area (Å²) in [5, 5.41) is 10.1. The molecular weight excluding hydrogens is 170 g/mol. The van der Waals surface area contributed by atoms with Crippen molar-refractivity contribution in [2.45, 2.75) is 39.7 Å². The molecule has 0 aliphatic heterocycles. The molecule has 0 aromatic carbocycles. The van der Waals surface area contributed by atoms with Crippen LogP contribution < -0.4 is 0 Å². The Hall–Kier alpha value is -0.410. The number of hydrogen-bond donors (Lipinski definition) is 1. The van der Waals surface area contributed by atoms with Gasteiger partial charge in [0.2, 0.25) is 0 Å². The van der Waals surface area contributed by atoms with Crippen molar-refractivity contribution < 1.29 is 5.11 Å². The minimum Gasteiger partial charge on any atom is -0.386 e. The molecule has 0 bridgehead atoms. The van der Waals surface area contributed by atoms with E-state index in [1.54, 1.807) is 18.3 Å². The Morgan fingerprint density at radius 1 is 1.58 bits per heavy atom. The maximum Gasteiger partial charge on any atom is 0.121 e. The monoisotopic (exact) mass is 185 g/mol. The van der Waals surface area contributed by atoms with Crippen molar-refractivity contribution in [2.75, 3.05) is 0 Å². The molecule has 0 amide bonds. The second-order valence-corrected chi connectivity index (χ2v) is 4.22. The van der Waals surface area contributed by atoms with Crippen molar-refractivity contribution in [1.29, 1.82) is 0 Å². The molecule has 1 aromatic rings. The highest BCUT2D eigenvalue weighted by Crippen LogP contribution is 2.23. The Morgan fingerprint density at radius 3 is 2.67 bits per heavy atom. The highest BCUT2D eigenvalue weighted by molar-refractivity contribution is 7.11. The van der Waals surface area contributed by atoms with E-state index in [-0.39, 0.29) is 0 Å². The van der Waals surface area contributed by atoms with E-state index in [1.165, 1.54) is 4.88 Å². The van der Waals surface area contributed by atoms with Gasteiger partial charge in [-0.3, -0.25) is 0 Å². The zero-order valence-corrected chi connectivity index (χ0v) is 8.61. The number of rotatable bonds is 3. The van der Waals surface area contributed by atoms with Crippen molar-refractivity contribution >= 4 is 11.3 Å². The van der Waals surface area contributed by atoms with Crippen LogP contribution in [0.3, 0.4) is 0 Å². The van der Waals surface area contributed by atoms with Gasteiger partial charge in [-0.25, -0.2) is 4.98 Å². The van der Waals surface area contributed by atoms with E-state index in [4.69, 9.17) is 0 Å². The summed E-state index contributed by atoms with van der Waals surface area (Å²) in [7, 11) is 0. The highest BCUT2D eigenvalue weighted by Gasteiger charge is 2.09. The lowest BCUT2D eigenvalue weighted by molar-refractivity contribution is 0.198. The molecule has 68 valence electrons. The Balaban J connectivity index is 2.85. The first-order valence-corrected chi connectivity index (χ1v) is 5.11. The summed E-state index contributed by atoms with van der Waals surface area (Å²) in [6.07, 6.45) is 1.72. The number of aliphatic hydroxyl groups excluding tert-OH is 1. The standard InChI is InChI=1S/C9H15NOS/c1-4-5-8-7(3)12-9(10-8)6(2)11/h6,11H,4-5H2,1-3H3. The quantitative estimate of drug-likeness (QED) is 0.784. The first-order chi connectivity index (χ1) is 5.65. The van der Waals surface area contributed by atoms with Crippen LogP contribution in [0, 0.1) is 6.92 Å². The normalized spacial score (nSPS) is 13.3. The summed E-state index contributed by atoms with van der Waals surface area (Å²) in [4.78, 5) is 5.61. The summed E-state index contributed by atoms with van der Waals surface area (Å²) >= 11 is 1.60. The molecule has 0 spiro atoms. The molecule has 1 heterocycles. The number of aryl methyl sites for hydroxylation is 2. The molecule has 2 nitrogen and oxygen atoms in total. The fourth-order valence-electron chi connectivity index (χ4n) is 1.10. The van der Waals surface area contributed by atoms with E-state index >= 15 is 0 Å². The zero-order valence-electron chi connectivity index (χ0n) is 7.79. The van der Waals surface area contributed by atoms with Gasteiger partial charge < -0.3 is 5.11 Å². The lowest BCUT2D eigenvalue weighted by Crippen LogP contribution is -1.91. The molecule has 1 aromatic heterocycles. The number of aliphatic hydroxyl groups is 1. The Kier molecular flexibility index (Phi) is 3.23. The van der Waals surface area contributed by atoms with Gasteiger partial charge in [-0.05, 0) is 20.3 Å². The third kappa shape index (κ3) is 2.05. The summed E-state index contributed by atoms with van der Waals surface area (Å²) in [6.45, 7) is 5.96. The molecule has 1 unspecified atom stereocenters. The van der Waals surface area contributed by atoms with Crippen LogP contribution in [0.25, 0.3) is 0 Å². The largest absolute Gasteiger partial charge is 0.386 e. The van der Waals surface area contributed by atoms with Gasteiger partial charge in [0.25, 0.3) is 0 Å². The van der Waals surface area contributed by atoms with E-state index < -0.39 is 6.10 Å². The molecule has 12 heavy (non-hydrogen) atoms. The minimum absolute atomic E-state index is 0.417. The molecule has 1 atom stereocenters. The van der Waals surface area contributed by atoms with E-state index in [1.807, 2.05) is 0 Å². The lowest BCUT2D eigenvalue weighted by atomic mass is 10.2. The second-order valence-electron chi connectivity index (χ2n) is 2.98. The maximum atomic E-state index is 9.28. The molecule has 1 rings (SSSR count). The molecule has 0 saturated carbocycles. The van der Waals surface area contributed by atoms with E-state index in [0.717, 1.165) is 23.5 Å². The first-order valence-electron chi connectivity index (χ1n) is 4.29. The molecule has 3 heteroatoms. The van der Waals surface area contributed by atoms with Gasteiger partial charge in [-0.15, -0.1) is 11.3 Å². The molecule has 0 aliphatic carbocycles. The predicted molar refractivity (Wildman–Crippen MR) is 51.5 cm³/mol. The molecule has 0 saturated heterocycles. The van der Waals surface area contributed by atoms with E-state index in [2.05, 4.69) is 18.8 Å². The van der Waals surface area contributed by atoms with Gasteiger partial charge in [0, 0.05) is 4.88 Å². The van der Waals surface area contributed by atoms with Gasteiger partial charge in [0.05, 0.1) is 5.69 Å². The predicted octanol–water partition coefficient (Wildman–Crippen LogP) is 2.46. The van der Waals surface area contributed by atoms with Crippen LogP contribution in [0.5, 0.6) is 0 Å². The summed E-state index contributed by atoms with van der Waals surface area (Å²) < 4.78 is 0. The molecule has 0 aliphatic rings. The van der Waals surface area contributed by atoms with Crippen molar-refractivity contribution in [3.63, 3.8) is 0 Å². The summed E-state index contributed by atoms with van der Waals surface area (Å²) in [6, 6.07) is 0. The van der Waals surface area contributed by atoms with Gasteiger partial charge in [0.1, 0.15) is 11.1 Å². The number of hydrogen-bond acceptors (Lipinski definition) is 3. The van der Waals surface area contributed by atoms with Gasteiger partial charge in [-0.1, -0.05) is 13.3 Å². The number of thiazole rings is 1. The molecule has 0 radical (unpaired) electrons. The van der Waals surface area contributed by atoms with Crippen molar-refractivity contribution in [3.8, 4) is 0 Å². The smallest absolute Gasteiger partial charge is 0.121 e. The number of nitrogens with zero attached hydrogens (tertiary/aromatic N) is 1. The van der Waals surface area contributed by atoms with Crippen LogP contribution >= 0.6 is 11.3 Å². The van der Waals surface area contributed by atoms with E-state index in [9.17, 15) is 5.11 Å². The van der Waals surface area contributed by atoms with Gasteiger partial charge in [-0.2, -0.15) is 0 Å². The van der Waals surface area contributed by atoms with Crippen LogP contribution in [0.1, 0.15) is 42.0 Å². The van der Waals surface area contributed by atoms with Gasteiger partial charge >= 0.3 is 0 Å². The van der Waals surface area contributed by atoms with Crippen molar-refractivity contribution in [1.82, 2.24) is 4.98 Å². The SMILES string of the molecule is CCCc1nc(C(C)O)sc1C.